The Labute approximate surface area is 120 Å². The van der Waals surface area contributed by atoms with E-state index in [9.17, 15) is 4.79 Å². The molecule has 0 saturated carbocycles. The molecule has 1 aliphatic rings. The minimum Gasteiger partial charge on any atom is -0.465 e. The number of benzene rings is 1. The van der Waals surface area contributed by atoms with Crippen molar-refractivity contribution in [1.29, 1.82) is 0 Å². The van der Waals surface area contributed by atoms with E-state index in [1.807, 2.05) is 24.3 Å². The third-order valence-corrected chi connectivity index (χ3v) is 4.06. The molecule has 4 nitrogen and oxygen atoms in total. The Kier molecular flexibility index (Phi) is 5.56. The molecule has 0 unspecified atom stereocenters. The Balaban J connectivity index is 1.84. The standard InChI is InChI=1S/C16H24N2O2/c1-20-16(19)15-4-2-14(3-5-15)12-18-10-7-13(6-9-17)8-11-18/h2-5,13H,6-12,17H2,1H3. The van der Waals surface area contributed by atoms with Gasteiger partial charge in [0.15, 0.2) is 0 Å². The van der Waals surface area contributed by atoms with Crippen LogP contribution in [0.1, 0.15) is 35.2 Å². The van der Waals surface area contributed by atoms with E-state index in [4.69, 9.17) is 10.5 Å². The minimum absolute atomic E-state index is 0.279. The quantitative estimate of drug-likeness (QED) is 0.836. The summed E-state index contributed by atoms with van der Waals surface area (Å²) in [6.45, 7) is 4.04. The number of likely N-dealkylation sites (tertiary alicyclic amines) is 1. The smallest absolute Gasteiger partial charge is 0.337 e. The van der Waals surface area contributed by atoms with Crippen molar-refractivity contribution in [3.05, 3.63) is 35.4 Å². The second-order valence-electron chi connectivity index (χ2n) is 5.49. The summed E-state index contributed by atoms with van der Waals surface area (Å²) in [4.78, 5) is 13.8. The summed E-state index contributed by atoms with van der Waals surface area (Å²) >= 11 is 0. The first-order valence-electron chi connectivity index (χ1n) is 7.32. The van der Waals surface area contributed by atoms with E-state index < -0.39 is 0 Å². The van der Waals surface area contributed by atoms with E-state index in [0.717, 1.165) is 38.5 Å². The summed E-state index contributed by atoms with van der Waals surface area (Å²) in [5.74, 6) is 0.525. The molecule has 1 heterocycles. The monoisotopic (exact) mass is 276 g/mol. The van der Waals surface area contributed by atoms with Crippen molar-refractivity contribution < 1.29 is 9.53 Å². The lowest BCUT2D eigenvalue weighted by atomic mass is 9.93. The number of ether oxygens (including phenoxy) is 1. The van der Waals surface area contributed by atoms with Crippen molar-refractivity contribution in [2.75, 3.05) is 26.7 Å². The summed E-state index contributed by atoms with van der Waals surface area (Å²) in [6, 6.07) is 7.70. The maximum absolute atomic E-state index is 11.4. The van der Waals surface area contributed by atoms with Crippen LogP contribution in [0, 0.1) is 5.92 Å². The molecule has 0 atom stereocenters. The molecule has 1 aromatic carbocycles. The molecule has 2 rings (SSSR count). The highest BCUT2D eigenvalue weighted by Crippen LogP contribution is 2.21. The zero-order valence-corrected chi connectivity index (χ0v) is 12.2. The van der Waals surface area contributed by atoms with Crippen molar-refractivity contribution in [2.45, 2.75) is 25.8 Å². The number of piperidine rings is 1. The number of nitrogens with two attached hydrogens (primary N) is 1. The predicted octanol–water partition coefficient (Wildman–Crippen LogP) is 2.03. The minimum atomic E-state index is -0.279. The summed E-state index contributed by atoms with van der Waals surface area (Å²) in [5.41, 5.74) is 7.47. The summed E-state index contributed by atoms with van der Waals surface area (Å²) in [7, 11) is 1.40. The first-order valence-corrected chi connectivity index (χ1v) is 7.32. The Bertz CT molecular complexity index is 423. The topological polar surface area (TPSA) is 55.6 Å². The molecular weight excluding hydrogens is 252 g/mol. The molecular formula is C16H24N2O2. The van der Waals surface area contributed by atoms with E-state index in [0.29, 0.717) is 5.56 Å². The van der Waals surface area contributed by atoms with Crippen LogP contribution < -0.4 is 5.73 Å². The second kappa shape index (κ2) is 7.41. The molecule has 1 aromatic rings. The number of hydrogen-bond acceptors (Lipinski definition) is 4. The molecule has 20 heavy (non-hydrogen) atoms. The number of rotatable bonds is 5. The zero-order valence-electron chi connectivity index (χ0n) is 12.2. The molecule has 1 aliphatic heterocycles. The van der Waals surface area contributed by atoms with Gasteiger partial charge in [-0.1, -0.05) is 12.1 Å². The molecule has 0 bridgehead atoms. The highest BCUT2D eigenvalue weighted by molar-refractivity contribution is 5.89. The van der Waals surface area contributed by atoms with Crippen LogP contribution in [0.25, 0.3) is 0 Å². The van der Waals surface area contributed by atoms with Crippen LogP contribution in [-0.4, -0.2) is 37.6 Å². The van der Waals surface area contributed by atoms with Gasteiger partial charge < -0.3 is 10.5 Å². The van der Waals surface area contributed by atoms with Gasteiger partial charge in [-0.3, -0.25) is 4.90 Å². The van der Waals surface area contributed by atoms with Crippen LogP contribution in [-0.2, 0) is 11.3 Å². The van der Waals surface area contributed by atoms with Crippen molar-refractivity contribution in [3.8, 4) is 0 Å². The van der Waals surface area contributed by atoms with Crippen LogP contribution in [0.5, 0.6) is 0 Å². The number of carbonyl (C=O) groups excluding carboxylic acids is 1. The van der Waals surface area contributed by atoms with Crippen molar-refractivity contribution in [1.82, 2.24) is 4.90 Å². The first-order chi connectivity index (χ1) is 9.72. The lowest BCUT2D eigenvalue weighted by Gasteiger charge is -2.31. The Morgan fingerprint density at radius 3 is 2.50 bits per heavy atom. The fourth-order valence-corrected chi connectivity index (χ4v) is 2.79. The van der Waals surface area contributed by atoms with E-state index >= 15 is 0 Å². The SMILES string of the molecule is COC(=O)c1ccc(CN2CCC(CCN)CC2)cc1. The highest BCUT2D eigenvalue weighted by Gasteiger charge is 2.18. The molecule has 0 amide bonds. The second-order valence-corrected chi connectivity index (χ2v) is 5.49. The molecule has 1 fully saturated rings. The molecule has 1 saturated heterocycles. The first kappa shape index (κ1) is 15.0. The highest BCUT2D eigenvalue weighted by atomic mass is 16.5. The lowest BCUT2D eigenvalue weighted by Crippen LogP contribution is -2.33. The third kappa shape index (κ3) is 4.05. The van der Waals surface area contributed by atoms with Crippen LogP contribution >= 0.6 is 0 Å². The van der Waals surface area contributed by atoms with Gasteiger partial charge in [-0.15, -0.1) is 0 Å². The average Bonchev–Trinajstić information content (AvgIpc) is 2.49. The molecule has 0 aliphatic carbocycles. The van der Waals surface area contributed by atoms with Crippen LogP contribution in [0.2, 0.25) is 0 Å². The third-order valence-electron chi connectivity index (χ3n) is 4.06. The van der Waals surface area contributed by atoms with E-state index in [2.05, 4.69) is 4.90 Å². The Morgan fingerprint density at radius 1 is 1.30 bits per heavy atom. The molecule has 4 heteroatoms. The molecule has 2 N–H and O–H groups in total. The van der Waals surface area contributed by atoms with Crippen molar-refractivity contribution >= 4 is 5.97 Å². The maximum atomic E-state index is 11.4. The van der Waals surface area contributed by atoms with Gasteiger partial charge in [0.05, 0.1) is 12.7 Å². The molecule has 110 valence electrons. The Morgan fingerprint density at radius 2 is 1.95 bits per heavy atom. The van der Waals surface area contributed by atoms with Gasteiger partial charge in [-0.25, -0.2) is 4.79 Å². The van der Waals surface area contributed by atoms with E-state index in [-0.39, 0.29) is 5.97 Å². The molecule has 0 radical (unpaired) electrons. The van der Waals surface area contributed by atoms with Gasteiger partial charge >= 0.3 is 5.97 Å². The summed E-state index contributed by atoms with van der Waals surface area (Å²) in [6.07, 6.45) is 3.65. The predicted molar refractivity (Wildman–Crippen MR) is 79.5 cm³/mol. The maximum Gasteiger partial charge on any atom is 0.337 e. The average molecular weight is 276 g/mol. The fraction of sp³-hybridized carbons (Fsp3) is 0.562. The number of methoxy groups -OCH3 is 1. The van der Waals surface area contributed by atoms with Gasteiger partial charge in [-0.2, -0.15) is 0 Å². The summed E-state index contributed by atoms with van der Waals surface area (Å²) in [5, 5.41) is 0. The van der Waals surface area contributed by atoms with Crippen LogP contribution in [0.15, 0.2) is 24.3 Å². The van der Waals surface area contributed by atoms with E-state index in [1.165, 1.54) is 25.5 Å². The Hall–Kier alpha value is -1.39. The van der Waals surface area contributed by atoms with Crippen LogP contribution in [0.4, 0.5) is 0 Å². The largest absolute Gasteiger partial charge is 0.465 e. The van der Waals surface area contributed by atoms with Gasteiger partial charge in [-0.05, 0) is 62.5 Å². The lowest BCUT2D eigenvalue weighted by molar-refractivity contribution is 0.0600. The van der Waals surface area contributed by atoms with Crippen molar-refractivity contribution in [3.63, 3.8) is 0 Å². The number of esters is 1. The van der Waals surface area contributed by atoms with Gasteiger partial charge in [0.25, 0.3) is 0 Å². The van der Waals surface area contributed by atoms with Crippen LogP contribution in [0.3, 0.4) is 0 Å². The van der Waals surface area contributed by atoms with Crippen molar-refractivity contribution in [2.24, 2.45) is 11.7 Å². The number of hydrogen-bond donors (Lipinski definition) is 1. The molecule has 0 aromatic heterocycles. The van der Waals surface area contributed by atoms with Gasteiger partial charge in [0.1, 0.15) is 0 Å². The number of carbonyl (C=O) groups is 1. The summed E-state index contributed by atoms with van der Waals surface area (Å²) < 4.78 is 4.70. The zero-order chi connectivity index (χ0) is 14.4. The van der Waals surface area contributed by atoms with Gasteiger partial charge in [0.2, 0.25) is 0 Å². The normalized spacial score (nSPS) is 17.1. The number of nitrogens with zero attached hydrogens (tertiary/aromatic N) is 1. The fourth-order valence-electron chi connectivity index (χ4n) is 2.79. The van der Waals surface area contributed by atoms with E-state index in [1.54, 1.807) is 0 Å². The van der Waals surface area contributed by atoms with Gasteiger partial charge in [0, 0.05) is 6.54 Å². The molecule has 0 spiro atoms.